The molecule has 1 aliphatic heterocycles. The molecule has 1 heterocycles. The molecule has 0 unspecified atom stereocenters. The molecule has 1 aliphatic rings. The van der Waals surface area contributed by atoms with E-state index in [0.29, 0.717) is 0 Å². The van der Waals surface area contributed by atoms with E-state index in [1.54, 1.807) is 0 Å². The molecule has 33 heavy (non-hydrogen) atoms. The van der Waals surface area contributed by atoms with Crippen molar-refractivity contribution in [2.24, 2.45) is 0 Å². The number of amides is 1. The summed E-state index contributed by atoms with van der Waals surface area (Å²) >= 11 is 33.7. The van der Waals surface area contributed by atoms with Crippen LogP contribution in [0.15, 0.2) is 0 Å². The zero-order valence-corrected chi connectivity index (χ0v) is 21.6. The van der Waals surface area contributed by atoms with Crippen LogP contribution in [0.1, 0.15) is 20.8 Å². The second-order valence-electron chi connectivity index (χ2n) is 6.44. The molecule has 0 aromatic rings. The number of rotatable bonds is 6. The Balaban J connectivity index is 3.50. The molecule has 0 aliphatic carbocycles. The molecule has 17 heteroatoms. The van der Waals surface area contributed by atoms with Gasteiger partial charge >= 0.3 is 17.9 Å². The molecule has 0 saturated carbocycles. The lowest BCUT2D eigenvalue weighted by Crippen LogP contribution is -2.68. The maximum Gasteiger partial charge on any atom is 0.303 e. The summed E-state index contributed by atoms with van der Waals surface area (Å²) in [5.41, 5.74) is 0. The van der Waals surface area contributed by atoms with Crippen molar-refractivity contribution >= 4 is 99.3 Å². The third-order valence-electron chi connectivity index (χ3n) is 3.75. The molecule has 2 N–H and O–H groups in total. The van der Waals surface area contributed by atoms with Gasteiger partial charge in [0.25, 0.3) is 13.5 Å². The van der Waals surface area contributed by atoms with E-state index in [1.165, 1.54) is 0 Å². The Bertz CT molecular complexity index is 785. The average molecular weight is 595 g/mol. The van der Waals surface area contributed by atoms with Crippen molar-refractivity contribution in [2.75, 3.05) is 6.61 Å². The minimum absolute atomic E-state index is 0.517. The first-order valence-electron chi connectivity index (χ1n) is 8.76. The van der Waals surface area contributed by atoms with E-state index in [1.807, 2.05) is 0 Å². The van der Waals surface area contributed by atoms with Crippen molar-refractivity contribution < 1.29 is 42.9 Å². The summed E-state index contributed by atoms with van der Waals surface area (Å²) in [4.78, 5) is 47.2. The standard InChI is InChI=1S/C16H18Cl6N2O9/c1-5(25)29-4-8-10(30-6(2)26)11(31-7(3)27)9(24-14(28)16(20,21)22)12(32-8)33-13(23)15(17,18)19/h8-12,23H,4H2,1-3H3,(H,24,28)/t8-,9-,10+,11-,12-/m1/s1. The molecule has 0 radical (unpaired) electrons. The molecule has 0 bridgehead atoms. The molecular formula is C16H18Cl6N2O9. The van der Waals surface area contributed by atoms with E-state index in [4.69, 9.17) is 98.7 Å². The van der Waals surface area contributed by atoms with Crippen LogP contribution in [0, 0.1) is 5.41 Å². The summed E-state index contributed by atoms with van der Waals surface area (Å²) < 4.78 is 21.3. The van der Waals surface area contributed by atoms with Crippen molar-refractivity contribution in [3.05, 3.63) is 0 Å². The summed E-state index contributed by atoms with van der Waals surface area (Å²) in [6.45, 7) is 2.65. The Morgan fingerprint density at radius 3 is 1.79 bits per heavy atom. The fourth-order valence-corrected chi connectivity index (χ4v) is 2.87. The van der Waals surface area contributed by atoms with Gasteiger partial charge in [0.1, 0.15) is 18.8 Å². The van der Waals surface area contributed by atoms with E-state index in [-0.39, 0.29) is 0 Å². The van der Waals surface area contributed by atoms with Crippen LogP contribution in [0.4, 0.5) is 0 Å². The number of carbonyl (C=O) groups excluding carboxylic acids is 4. The van der Waals surface area contributed by atoms with Crippen LogP contribution in [-0.2, 0) is 42.9 Å². The fraction of sp³-hybridized carbons (Fsp3) is 0.688. The van der Waals surface area contributed by atoms with Crippen molar-refractivity contribution in [2.45, 2.75) is 59.0 Å². The Hall–Kier alpha value is -0.950. The van der Waals surface area contributed by atoms with Crippen molar-refractivity contribution in [1.29, 1.82) is 5.41 Å². The highest BCUT2D eigenvalue weighted by molar-refractivity contribution is 6.76. The molecular weight excluding hydrogens is 577 g/mol. The van der Waals surface area contributed by atoms with Crippen LogP contribution in [0.3, 0.4) is 0 Å². The van der Waals surface area contributed by atoms with Gasteiger partial charge in [-0.1, -0.05) is 69.6 Å². The first kappa shape index (κ1) is 30.1. The van der Waals surface area contributed by atoms with Crippen molar-refractivity contribution in [3.8, 4) is 0 Å². The number of carbonyl (C=O) groups is 4. The summed E-state index contributed by atoms with van der Waals surface area (Å²) in [7, 11) is 0. The molecule has 188 valence electrons. The van der Waals surface area contributed by atoms with Crippen LogP contribution < -0.4 is 5.32 Å². The molecule has 1 saturated heterocycles. The zero-order valence-electron chi connectivity index (χ0n) is 17.0. The summed E-state index contributed by atoms with van der Waals surface area (Å²) in [5.74, 6) is -4.61. The topological polar surface area (TPSA) is 150 Å². The number of esters is 3. The minimum atomic E-state index is -2.49. The third kappa shape index (κ3) is 9.67. The number of nitrogens with one attached hydrogen (secondary N) is 2. The maximum atomic E-state index is 12.4. The molecule has 5 atom stereocenters. The number of hydrogen-bond donors (Lipinski definition) is 2. The second-order valence-corrected chi connectivity index (χ2v) is 11.0. The molecule has 0 aromatic carbocycles. The molecule has 1 rings (SSSR count). The predicted octanol–water partition coefficient (Wildman–Crippen LogP) is 2.36. The molecule has 1 amide bonds. The lowest BCUT2D eigenvalue weighted by molar-refractivity contribution is -0.260. The highest BCUT2D eigenvalue weighted by Crippen LogP contribution is 2.34. The van der Waals surface area contributed by atoms with Gasteiger partial charge in [-0.25, -0.2) is 0 Å². The van der Waals surface area contributed by atoms with Gasteiger partial charge in [-0.2, -0.15) is 0 Å². The average Bonchev–Trinajstić information content (AvgIpc) is 2.62. The van der Waals surface area contributed by atoms with Crippen molar-refractivity contribution in [1.82, 2.24) is 5.32 Å². The number of hydrogen-bond acceptors (Lipinski definition) is 10. The second kappa shape index (κ2) is 12.1. The Morgan fingerprint density at radius 2 is 1.36 bits per heavy atom. The van der Waals surface area contributed by atoms with Crippen LogP contribution in [0.25, 0.3) is 0 Å². The van der Waals surface area contributed by atoms with Gasteiger partial charge < -0.3 is 29.0 Å². The number of halogens is 6. The van der Waals surface area contributed by atoms with Gasteiger partial charge in [0.05, 0.1) is 0 Å². The van der Waals surface area contributed by atoms with E-state index >= 15 is 0 Å². The van der Waals surface area contributed by atoms with Gasteiger partial charge in [0.2, 0.25) is 12.2 Å². The van der Waals surface area contributed by atoms with Gasteiger partial charge in [0.15, 0.2) is 12.2 Å². The van der Waals surface area contributed by atoms with E-state index in [2.05, 4.69) is 5.32 Å². The van der Waals surface area contributed by atoms with Crippen LogP contribution in [0.2, 0.25) is 0 Å². The quantitative estimate of drug-likeness (QED) is 0.155. The lowest BCUT2D eigenvalue weighted by atomic mass is 9.96. The number of alkyl halides is 6. The third-order valence-corrected chi connectivity index (χ3v) is 4.78. The van der Waals surface area contributed by atoms with E-state index in [9.17, 15) is 19.2 Å². The Morgan fingerprint density at radius 1 is 0.848 bits per heavy atom. The first-order chi connectivity index (χ1) is 14.9. The highest BCUT2D eigenvalue weighted by atomic mass is 35.6. The van der Waals surface area contributed by atoms with E-state index in [0.717, 1.165) is 20.8 Å². The van der Waals surface area contributed by atoms with Crippen LogP contribution in [0.5, 0.6) is 0 Å². The summed E-state index contributed by atoms with van der Waals surface area (Å²) in [6.07, 6.45) is -6.06. The predicted molar refractivity (Wildman–Crippen MR) is 118 cm³/mol. The molecule has 0 aromatic heterocycles. The molecule has 1 fully saturated rings. The smallest absolute Gasteiger partial charge is 0.303 e. The SMILES string of the molecule is CC(=O)OC[C@H]1O[C@H](OC(=N)C(Cl)(Cl)Cl)[C@H](NC(=O)C(Cl)(Cl)Cl)[C@@H](OC(C)=O)[C@H]1OC(C)=O. The minimum Gasteiger partial charge on any atom is -0.463 e. The molecule has 0 spiro atoms. The first-order valence-corrected chi connectivity index (χ1v) is 11.0. The zero-order chi connectivity index (χ0) is 25.7. The fourth-order valence-electron chi connectivity index (χ4n) is 2.57. The van der Waals surface area contributed by atoms with Gasteiger partial charge in [0, 0.05) is 20.8 Å². The lowest BCUT2D eigenvalue weighted by Gasteiger charge is -2.45. The normalized spacial score (nSPS) is 25.4. The van der Waals surface area contributed by atoms with Crippen molar-refractivity contribution in [3.63, 3.8) is 0 Å². The van der Waals surface area contributed by atoms with Crippen LogP contribution >= 0.6 is 69.6 Å². The van der Waals surface area contributed by atoms with Gasteiger partial charge in [-0.15, -0.1) is 0 Å². The summed E-state index contributed by atoms with van der Waals surface area (Å²) in [5, 5.41) is 10.0. The maximum absolute atomic E-state index is 12.4. The van der Waals surface area contributed by atoms with Gasteiger partial charge in [-0.05, 0) is 0 Å². The van der Waals surface area contributed by atoms with E-state index < -0.39 is 74.5 Å². The van der Waals surface area contributed by atoms with Gasteiger partial charge in [-0.3, -0.25) is 24.6 Å². The molecule has 11 nitrogen and oxygen atoms in total. The Labute approximate surface area is 217 Å². The Kier molecular flexibility index (Phi) is 11.1. The monoisotopic (exact) mass is 592 g/mol. The van der Waals surface area contributed by atoms with Crippen LogP contribution in [-0.4, -0.2) is 74.5 Å². The summed E-state index contributed by atoms with van der Waals surface area (Å²) in [6, 6.07) is -1.57. The number of ether oxygens (including phenoxy) is 5. The highest BCUT2D eigenvalue weighted by Gasteiger charge is 2.54. The largest absolute Gasteiger partial charge is 0.463 e.